The minimum absolute atomic E-state index is 0.0144. The Labute approximate surface area is 252 Å². The number of aromatic nitrogens is 2. The van der Waals surface area contributed by atoms with E-state index in [9.17, 15) is 37.8 Å². The molecule has 2 aliphatic carbocycles. The molecule has 0 bridgehead atoms. The lowest BCUT2D eigenvalue weighted by Gasteiger charge is -2.34. The first-order chi connectivity index (χ1) is 20.3. The smallest absolute Gasteiger partial charge is 0.389 e. The van der Waals surface area contributed by atoms with Crippen molar-refractivity contribution >= 4 is 35.0 Å². The monoisotopic (exact) mass is 621 g/mol. The van der Waals surface area contributed by atoms with Crippen LogP contribution < -0.4 is 0 Å². The summed E-state index contributed by atoms with van der Waals surface area (Å²) in [5.74, 6) is -2.72. The molecule has 2 N–H and O–H groups in total. The Morgan fingerprint density at radius 2 is 1.84 bits per heavy atom. The predicted molar refractivity (Wildman–Crippen MR) is 153 cm³/mol. The molecule has 43 heavy (non-hydrogen) atoms. The summed E-state index contributed by atoms with van der Waals surface area (Å²) in [5.41, 5.74) is 2.81. The normalized spacial score (nSPS) is 23.1. The number of piperidine rings is 1. The lowest BCUT2D eigenvalue weighted by molar-refractivity contribution is -0.143. The first-order valence-electron chi connectivity index (χ1n) is 14.7. The zero-order valence-electron chi connectivity index (χ0n) is 23.9. The Morgan fingerprint density at radius 1 is 1.12 bits per heavy atom. The van der Waals surface area contributed by atoms with E-state index < -0.39 is 48.8 Å². The average molecular weight is 622 g/mol. The minimum atomic E-state index is -4.42. The lowest BCUT2D eigenvalue weighted by Crippen LogP contribution is -2.44. The molecule has 232 valence electrons. The number of hydrogen-bond acceptors (Lipinski definition) is 5. The van der Waals surface area contributed by atoms with Gasteiger partial charge in [-0.1, -0.05) is 36.7 Å². The van der Waals surface area contributed by atoms with Gasteiger partial charge >= 0.3 is 12.1 Å². The molecule has 5 rings (SSSR count). The van der Waals surface area contributed by atoms with Gasteiger partial charge in [0.2, 0.25) is 5.91 Å². The summed E-state index contributed by atoms with van der Waals surface area (Å²) < 4.78 is 40.5. The number of aliphatic carboxylic acids is 1. The van der Waals surface area contributed by atoms with Crippen LogP contribution in [0.5, 0.6) is 0 Å². The summed E-state index contributed by atoms with van der Waals surface area (Å²) in [7, 11) is 0. The number of carboxylic acids is 1. The molecule has 1 saturated heterocycles. The Kier molecular flexibility index (Phi) is 9.04. The molecule has 1 fully saturated rings. The largest absolute Gasteiger partial charge is 0.481 e. The van der Waals surface area contributed by atoms with Crippen molar-refractivity contribution in [2.75, 3.05) is 13.1 Å². The summed E-state index contributed by atoms with van der Waals surface area (Å²) in [6.45, 7) is 2.76. The number of allylic oxidation sites excluding steroid dienone is 2. The quantitative estimate of drug-likeness (QED) is 0.451. The zero-order chi connectivity index (χ0) is 31.1. The number of hydrogen-bond donors (Lipinski definition) is 2. The number of halogens is 4. The molecule has 1 aliphatic heterocycles. The molecule has 1 unspecified atom stereocenters. The molecule has 12 heteroatoms. The lowest BCUT2D eigenvalue weighted by atomic mass is 9.78. The van der Waals surface area contributed by atoms with Crippen LogP contribution in [0.25, 0.3) is 5.57 Å². The van der Waals surface area contributed by atoms with Gasteiger partial charge < -0.3 is 15.1 Å². The summed E-state index contributed by atoms with van der Waals surface area (Å²) in [4.78, 5) is 41.0. The van der Waals surface area contributed by atoms with Crippen LogP contribution in [-0.4, -0.2) is 68.0 Å². The zero-order valence-corrected chi connectivity index (χ0v) is 24.6. The third-order valence-corrected chi connectivity index (χ3v) is 9.37. The summed E-state index contributed by atoms with van der Waals surface area (Å²) in [6, 6.07) is 4.42. The number of aliphatic hydroxyl groups excluding tert-OH is 1. The van der Waals surface area contributed by atoms with Crippen LogP contribution in [0.2, 0.25) is 5.02 Å². The highest BCUT2D eigenvalue weighted by molar-refractivity contribution is 6.34. The van der Waals surface area contributed by atoms with E-state index in [-0.39, 0.29) is 34.4 Å². The van der Waals surface area contributed by atoms with Crippen LogP contribution in [0.15, 0.2) is 24.3 Å². The topological polar surface area (TPSA) is 113 Å². The Hall–Kier alpha value is -3.18. The van der Waals surface area contributed by atoms with Gasteiger partial charge in [-0.05, 0) is 68.1 Å². The van der Waals surface area contributed by atoms with Crippen molar-refractivity contribution in [3.8, 4) is 0 Å². The van der Waals surface area contributed by atoms with E-state index in [1.54, 1.807) is 4.90 Å². The van der Waals surface area contributed by atoms with Crippen molar-refractivity contribution < 1.29 is 37.8 Å². The SMILES string of the molecule is C[C@H]1CC(c2nn(C(=O)c3c(Cl)cccc3CCC(F)(F)F)c3c2CCC(C(=O)N2CCC(O)CC2)C3)=CC[C@H]1C(=O)O. The first-order valence-corrected chi connectivity index (χ1v) is 15.1. The third kappa shape index (κ3) is 6.67. The van der Waals surface area contributed by atoms with Gasteiger partial charge in [-0.25, -0.2) is 0 Å². The highest BCUT2D eigenvalue weighted by Gasteiger charge is 2.38. The maximum atomic E-state index is 14.1. The molecule has 1 aromatic carbocycles. The fraction of sp³-hybridized carbons (Fsp3) is 0.548. The van der Waals surface area contributed by atoms with Crippen molar-refractivity contribution in [1.82, 2.24) is 14.7 Å². The van der Waals surface area contributed by atoms with Crippen molar-refractivity contribution in [3.05, 3.63) is 57.4 Å². The third-order valence-electron chi connectivity index (χ3n) is 9.05. The Morgan fingerprint density at radius 3 is 2.49 bits per heavy atom. The van der Waals surface area contributed by atoms with E-state index in [0.717, 1.165) is 11.1 Å². The number of aliphatic hydroxyl groups is 1. The second-order valence-corrected chi connectivity index (χ2v) is 12.4. The van der Waals surface area contributed by atoms with Crippen molar-refractivity contribution in [2.24, 2.45) is 17.8 Å². The second-order valence-electron chi connectivity index (χ2n) is 12.0. The molecule has 0 saturated carbocycles. The standard InChI is InChI=1S/C31H35ClF3N3O5/c1-17-15-19(5-7-22(17)30(42)43)27-23-8-6-20(28(40)37-13-10-21(39)11-14-37)16-25(23)38(36-27)29(41)26-18(3-2-4-24(26)32)9-12-31(33,34)35/h2-5,17,20-22,39H,6-16H2,1H3,(H,42,43)/t17-,20?,22+/m0/s1. The van der Waals surface area contributed by atoms with Crippen LogP contribution in [0.1, 0.15) is 78.3 Å². The number of carbonyl (C=O) groups is 3. The van der Waals surface area contributed by atoms with Gasteiger partial charge in [0.1, 0.15) is 0 Å². The van der Waals surface area contributed by atoms with Crippen LogP contribution in [0.3, 0.4) is 0 Å². The number of nitrogens with zero attached hydrogens (tertiary/aromatic N) is 3. The number of amides is 1. The molecule has 1 aromatic heterocycles. The second kappa shape index (κ2) is 12.4. The summed E-state index contributed by atoms with van der Waals surface area (Å²) in [5, 5.41) is 24.2. The first kappa shape index (κ1) is 31.3. The molecule has 0 radical (unpaired) electrons. The number of likely N-dealkylation sites (tertiary alicyclic amines) is 1. The van der Waals surface area contributed by atoms with Gasteiger partial charge in [0, 0.05) is 37.4 Å². The summed E-state index contributed by atoms with van der Waals surface area (Å²) >= 11 is 6.43. The van der Waals surface area contributed by atoms with Crippen molar-refractivity contribution in [2.45, 2.75) is 77.0 Å². The van der Waals surface area contributed by atoms with Crippen LogP contribution in [-0.2, 0) is 28.9 Å². The number of aryl methyl sites for hydroxylation is 1. The number of carbonyl (C=O) groups excluding carboxylic acids is 2. The number of fused-ring (bicyclic) bond motifs is 1. The Bertz CT molecular complexity index is 1440. The molecule has 3 atom stereocenters. The van der Waals surface area contributed by atoms with Gasteiger partial charge in [-0.15, -0.1) is 0 Å². The van der Waals surface area contributed by atoms with Gasteiger partial charge in [0.25, 0.3) is 5.91 Å². The molecule has 1 amide bonds. The number of rotatable bonds is 6. The number of alkyl halides is 3. The van der Waals surface area contributed by atoms with Gasteiger partial charge in [-0.2, -0.15) is 23.0 Å². The molecular weight excluding hydrogens is 587 g/mol. The maximum Gasteiger partial charge on any atom is 0.389 e. The maximum absolute atomic E-state index is 14.1. The molecule has 2 heterocycles. The predicted octanol–water partition coefficient (Wildman–Crippen LogP) is 5.32. The molecular formula is C31H35ClF3N3O5. The van der Waals surface area contributed by atoms with E-state index in [2.05, 4.69) is 0 Å². The Balaban J connectivity index is 1.53. The van der Waals surface area contributed by atoms with Crippen molar-refractivity contribution in [3.63, 3.8) is 0 Å². The minimum Gasteiger partial charge on any atom is -0.481 e. The fourth-order valence-corrected chi connectivity index (χ4v) is 6.88. The van der Waals surface area contributed by atoms with Crippen LogP contribution in [0.4, 0.5) is 13.2 Å². The van der Waals surface area contributed by atoms with Gasteiger partial charge in [-0.3, -0.25) is 14.4 Å². The van der Waals surface area contributed by atoms with Gasteiger partial charge in [0.05, 0.1) is 34.0 Å². The van der Waals surface area contributed by atoms with E-state index >= 15 is 0 Å². The van der Waals surface area contributed by atoms with Crippen LogP contribution in [0, 0.1) is 17.8 Å². The fourth-order valence-electron chi connectivity index (χ4n) is 6.60. The highest BCUT2D eigenvalue weighted by atomic mass is 35.5. The van der Waals surface area contributed by atoms with E-state index in [0.29, 0.717) is 63.0 Å². The molecule has 3 aliphatic rings. The highest BCUT2D eigenvalue weighted by Crippen LogP contribution is 2.40. The molecule has 2 aromatic rings. The summed E-state index contributed by atoms with van der Waals surface area (Å²) in [6.07, 6.45) is -1.59. The van der Waals surface area contributed by atoms with Gasteiger partial charge in [0.15, 0.2) is 0 Å². The molecule has 0 spiro atoms. The molecule has 8 nitrogen and oxygen atoms in total. The van der Waals surface area contributed by atoms with E-state index in [4.69, 9.17) is 16.7 Å². The van der Waals surface area contributed by atoms with E-state index in [1.807, 2.05) is 13.0 Å². The average Bonchev–Trinajstić information content (AvgIpc) is 3.34. The number of benzene rings is 1. The van der Waals surface area contributed by atoms with E-state index in [1.165, 1.54) is 22.9 Å². The number of carboxylic acid groups (broad SMARTS) is 1. The van der Waals surface area contributed by atoms with Crippen molar-refractivity contribution in [1.29, 1.82) is 0 Å². The van der Waals surface area contributed by atoms with Crippen LogP contribution >= 0.6 is 11.6 Å².